The van der Waals surface area contributed by atoms with E-state index < -0.39 is 0 Å². The molecule has 1 fully saturated rings. The maximum atomic E-state index is 12.5. The Bertz CT molecular complexity index is 650. The van der Waals surface area contributed by atoms with Gasteiger partial charge in [-0.1, -0.05) is 25.1 Å². The van der Waals surface area contributed by atoms with Crippen LogP contribution in [0.1, 0.15) is 36.5 Å². The molecule has 1 amide bonds. The average molecular weight is 283 g/mol. The molecule has 21 heavy (non-hydrogen) atoms. The van der Waals surface area contributed by atoms with Gasteiger partial charge in [-0.2, -0.15) is 0 Å². The van der Waals surface area contributed by atoms with Crippen molar-refractivity contribution < 1.29 is 4.79 Å². The van der Waals surface area contributed by atoms with Crippen LogP contribution in [-0.4, -0.2) is 24.0 Å². The summed E-state index contributed by atoms with van der Waals surface area (Å²) in [5.74, 6) is 1.45. The van der Waals surface area contributed by atoms with Gasteiger partial charge in [0.05, 0.1) is 11.1 Å². The number of para-hydroxylation sites is 1. The maximum Gasteiger partial charge on any atom is 0.252 e. The van der Waals surface area contributed by atoms with Crippen LogP contribution < -0.4 is 10.6 Å². The van der Waals surface area contributed by atoms with E-state index in [1.54, 1.807) is 0 Å². The SMILES string of the molecule is CCCNc1cc(C(=O)NCC2CC2)c2ccccc2n1. The topological polar surface area (TPSA) is 54.0 Å². The fraction of sp³-hybridized carbons (Fsp3) is 0.412. The van der Waals surface area contributed by atoms with E-state index in [0.717, 1.165) is 36.2 Å². The molecule has 0 bridgehead atoms. The zero-order valence-corrected chi connectivity index (χ0v) is 12.4. The molecular formula is C17H21N3O. The summed E-state index contributed by atoms with van der Waals surface area (Å²) in [6.07, 6.45) is 3.50. The van der Waals surface area contributed by atoms with Crippen LogP contribution in [0.5, 0.6) is 0 Å². The Kier molecular flexibility index (Phi) is 4.04. The molecule has 1 aliphatic carbocycles. The lowest BCUT2D eigenvalue weighted by Gasteiger charge is -2.11. The Morgan fingerprint density at radius 1 is 1.33 bits per heavy atom. The number of hydrogen-bond acceptors (Lipinski definition) is 3. The number of nitrogens with one attached hydrogen (secondary N) is 2. The number of amides is 1. The lowest BCUT2D eigenvalue weighted by atomic mass is 10.1. The molecule has 3 rings (SSSR count). The normalized spacial score (nSPS) is 14.1. The number of carbonyl (C=O) groups is 1. The Morgan fingerprint density at radius 3 is 2.90 bits per heavy atom. The standard InChI is InChI=1S/C17H21N3O/c1-2-9-18-16-10-14(17(21)19-11-12-7-8-12)13-5-3-4-6-15(13)20-16/h3-6,10,12H,2,7-9,11H2,1H3,(H,18,20)(H,19,21). The Morgan fingerprint density at radius 2 is 2.14 bits per heavy atom. The predicted octanol–water partition coefficient (Wildman–Crippen LogP) is 3.20. The minimum absolute atomic E-state index is 0.0000449. The zero-order valence-electron chi connectivity index (χ0n) is 12.4. The van der Waals surface area contributed by atoms with Crippen LogP contribution in [0.4, 0.5) is 5.82 Å². The van der Waals surface area contributed by atoms with Crippen LogP contribution in [0.25, 0.3) is 10.9 Å². The van der Waals surface area contributed by atoms with Crippen LogP contribution in [0.2, 0.25) is 0 Å². The molecule has 2 aromatic rings. The van der Waals surface area contributed by atoms with Gasteiger partial charge in [-0.25, -0.2) is 4.98 Å². The fourth-order valence-corrected chi connectivity index (χ4v) is 2.36. The van der Waals surface area contributed by atoms with Crippen molar-refractivity contribution >= 4 is 22.6 Å². The number of aromatic nitrogens is 1. The molecule has 1 saturated carbocycles. The van der Waals surface area contributed by atoms with E-state index in [4.69, 9.17) is 0 Å². The molecule has 2 N–H and O–H groups in total. The molecule has 4 nitrogen and oxygen atoms in total. The highest BCUT2D eigenvalue weighted by molar-refractivity contribution is 6.06. The molecule has 0 radical (unpaired) electrons. The van der Waals surface area contributed by atoms with Gasteiger partial charge in [0.2, 0.25) is 0 Å². The zero-order chi connectivity index (χ0) is 14.7. The van der Waals surface area contributed by atoms with Gasteiger partial charge < -0.3 is 10.6 Å². The van der Waals surface area contributed by atoms with Crippen molar-refractivity contribution in [3.8, 4) is 0 Å². The smallest absolute Gasteiger partial charge is 0.252 e. The third-order valence-electron chi connectivity index (χ3n) is 3.77. The van der Waals surface area contributed by atoms with E-state index in [0.29, 0.717) is 11.5 Å². The van der Waals surface area contributed by atoms with Crippen molar-refractivity contribution in [2.24, 2.45) is 5.92 Å². The fourth-order valence-electron chi connectivity index (χ4n) is 2.36. The van der Waals surface area contributed by atoms with Gasteiger partial charge in [-0.15, -0.1) is 0 Å². The highest BCUT2D eigenvalue weighted by atomic mass is 16.1. The average Bonchev–Trinajstić information content (AvgIpc) is 3.34. The number of hydrogen-bond donors (Lipinski definition) is 2. The first-order valence-corrected chi connectivity index (χ1v) is 7.69. The van der Waals surface area contributed by atoms with E-state index >= 15 is 0 Å². The van der Waals surface area contributed by atoms with Gasteiger partial charge in [0.25, 0.3) is 5.91 Å². The van der Waals surface area contributed by atoms with Gasteiger partial charge in [-0.3, -0.25) is 4.79 Å². The van der Waals surface area contributed by atoms with Crippen LogP contribution in [-0.2, 0) is 0 Å². The first kappa shape index (κ1) is 13.9. The van der Waals surface area contributed by atoms with Crippen LogP contribution in [0.3, 0.4) is 0 Å². The Balaban J connectivity index is 1.90. The predicted molar refractivity (Wildman–Crippen MR) is 85.6 cm³/mol. The number of pyridine rings is 1. The molecule has 1 aromatic carbocycles. The number of benzene rings is 1. The molecule has 0 unspecified atom stereocenters. The molecule has 1 aromatic heterocycles. The molecule has 1 heterocycles. The third kappa shape index (κ3) is 3.32. The van der Waals surface area contributed by atoms with E-state index in [1.165, 1.54) is 12.8 Å². The lowest BCUT2D eigenvalue weighted by molar-refractivity contribution is 0.0953. The minimum atomic E-state index is 0.0000449. The quantitative estimate of drug-likeness (QED) is 0.856. The maximum absolute atomic E-state index is 12.5. The molecule has 1 aliphatic rings. The number of anilines is 1. The highest BCUT2D eigenvalue weighted by Crippen LogP contribution is 2.28. The van der Waals surface area contributed by atoms with Crippen LogP contribution in [0, 0.1) is 5.92 Å². The Hall–Kier alpha value is -2.10. The van der Waals surface area contributed by atoms with Crippen LogP contribution in [0.15, 0.2) is 30.3 Å². The Labute approximate surface area is 125 Å². The number of rotatable bonds is 6. The highest BCUT2D eigenvalue weighted by Gasteiger charge is 2.22. The molecule has 0 aliphatic heterocycles. The van der Waals surface area contributed by atoms with Gasteiger partial charge >= 0.3 is 0 Å². The van der Waals surface area contributed by atoms with E-state index in [9.17, 15) is 4.79 Å². The lowest BCUT2D eigenvalue weighted by Crippen LogP contribution is -2.26. The number of carbonyl (C=O) groups excluding carboxylic acids is 1. The van der Waals surface area contributed by atoms with Crippen LogP contribution >= 0.6 is 0 Å². The molecule has 0 saturated heterocycles. The summed E-state index contributed by atoms with van der Waals surface area (Å²) in [4.78, 5) is 17.0. The van der Waals surface area contributed by atoms with E-state index in [-0.39, 0.29) is 5.91 Å². The van der Waals surface area contributed by atoms with Crippen molar-refractivity contribution in [1.82, 2.24) is 10.3 Å². The van der Waals surface area contributed by atoms with Gasteiger partial charge in [0.15, 0.2) is 0 Å². The third-order valence-corrected chi connectivity index (χ3v) is 3.77. The number of fused-ring (bicyclic) bond motifs is 1. The summed E-state index contributed by atoms with van der Waals surface area (Å²) in [5, 5.41) is 7.22. The monoisotopic (exact) mass is 283 g/mol. The second-order valence-electron chi connectivity index (χ2n) is 5.65. The van der Waals surface area contributed by atoms with Gasteiger partial charge in [0, 0.05) is 18.5 Å². The second kappa shape index (κ2) is 6.12. The van der Waals surface area contributed by atoms with Crippen molar-refractivity contribution in [1.29, 1.82) is 0 Å². The summed E-state index contributed by atoms with van der Waals surface area (Å²) in [5.41, 5.74) is 1.56. The largest absolute Gasteiger partial charge is 0.370 e. The van der Waals surface area contributed by atoms with Gasteiger partial charge in [-0.05, 0) is 37.3 Å². The molecule has 0 spiro atoms. The molecule has 0 atom stereocenters. The van der Waals surface area contributed by atoms with Crippen molar-refractivity contribution in [3.05, 3.63) is 35.9 Å². The summed E-state index contributed by atoms with van der Waals surface area (Å²) >= 11 is 0. The van der Waals surface area contributed by atoms with E-state index in [2.05, 4.69) is 22.5 Å². The first-order chi connectivity index (χ1) is 10.3. The summed E-state index contributed by atoms with van der Waals surface area (Å²) in [6.45, 7) is 3.75. The van der Waals surface area contributed by atoms with Crippen molar-refractivity contribution in [2.45, 2.75) is 26.2 Å². The van der Waals surface area contributed by atoms with Gasteiger partial charge in [0.1, 0.15) is 5.82 Å². The second-order valence-corrected chi connectivity index (χ2v) is 5.65. The minimum Gasteiger partial charge on any atom is -0.370 e. The first-order valence-electron chi connectivity index (χ1n) is 7.69. The molecular weight excluding hydrogens is 262 g/mol. The van der Waals surface area contributed by atoms with Crippen molar-refractivity contribution in [3.63, 3.8) is 0 Å². The van der Waals surface area contributed by atoms with Crippen molar-refractivity contribution in [2.75, 3.05) is 18.4 Å². The summed E-state index contributed by atoms with van der Waals surface area (Å²) in [7, 11) is 0. The molecule has 110 valence electrons. The molecule has 4 heteroatoms. The van der Waals surface area contributed by atoms with E-state index in [1.807, 2.05) is 30.3 Å². The number of nitrogens with zero attached hydrogens (tertiary/aromatic N) is 1. The summed E-state index contributed by atoms with van der Waals surface area (Å²) < 4.78 is 0. The summed E-state index contributed by atoms with van der Waals surface area (Å²) in [6, 6.07) is 9.66.